The number of rotatable bonds is 6. The van der Waals surface area contributed by atoms with Crippen LogP contribution < -0.4 is 5.32 Å². The van der Waals surface area contributed by atoms with Crippen molar-refractivity contribution >= 4 is 22.9 Å². The Bertz CT molecular complexity index is 845. The van der Waals surface area contributed by atoms with Gasteiger partial charge in [-0.05, 0) is 57.7 Å². The van der Waals surface area contributed by atoms with Gasteiger partial charge in [-0.15, -0.1) is 0 Å². The second kappa shape index (κ2) is 6.89. The maximum atomic E-state index is 13.7. The Morgan fingerprint density at radius 1 is 1.37 bits per heavy atom. The lowest BCUT2D eigenvalue weighted by Gasteiger charge is -2.30. The van der Waals surface area contributed by atoms with Crippen LogP contribution in [0.3, 0.4) is 0 Å². The fourth-order valence-electron chi connectivity index (χ4n) is 3.30. The number of carbonyl (C=O) groups excluding carboxylic acids is 1. The third-order valence-corrected chi connectivity index (χ3v) is 5.78. The summed E-state index contributed by atoms with van der Waals surface area (Å²) in [4.78, 5) is 17.2. The van der Waals surface area contributed by atoms with Crippen molar-refractivity contribution in [3.63, 3.8) is 0 Å². The summed E-state index contributed by atoms with van der Waals surface area (Å²) >= 11 is 0. The summed E-state index contributed by atoms with van der Waals surface area (Å²) in [7, 11) is 0. The Kier molecular flexibility index (Phi) is 5.06. The molecule has 0 aliphatic heterocycles. The molecule has 2 N–H and O–H groups in total. The number of nitrogens with zero attached hydrogens (tertiary/aromatic N) is 2. The van der Waals surface area contributed by atoms with Crippen molar-refractivity contribution in [2.45, 2.75) is 78.1 Å². The summed E-state index contributed by atoms with van der Waals surface area (Å²) in [6.07, 6.45) is 2.23. The lowest BCUT2D eigenvalue weighted by atomic mass is 9.84. The number of amides is 1. The fraction of sp³-hybridized carbons (Fsp3) is 0.619. The van der Waals surface area contributed by atoms with Gasteiger partial charge in [-0.3, -0.25) is 10.1 Å². The molecule has 1 atom stereocenters. The minimum Gasteiger partial charge on any atom is -0.386 e. The molecular weight excluding hydrogens is 345 g/mol. The van der Waals surface area contributed by atoms with E-state index in [-0.39, 0.29) is 18.4 Å². The van der Waals surface area contributed by atoms with Crippen molar-refractivity contribution in [3.8, 4) is 0 Å². The van der Waals surface area contributed by atoms with Crippen molar-refractivity contribution < 1.29 is 14.3 Å². The standard InChI is InChI=1S/C21H30FN3O2/c1-13(22)20(2,3)12-18(26)24-19-23-16-10-9-14(21(4,5)27)11-17(16)25(19)15-7-6-8-15/h9-11,13,15,27H,6-8,12H2,1-5H3,(H,23,24,26). The van der Waals surface area contributed by atoms with E-state index in [0.29, 0.717) is 5.95 Å². The van der Waals surface area contributed by atoms with Crippen LogP contribution in [-0.2, 0) is 10.4 Å². The molecule has 1 heterocycles. The molecule has 3 rings (SSSR count). The van der Waals surface area contributed by atoms with Gasteiger partial charge >= 0.3 is 0 Å². The van der Waals surface area contributed by atoms with Crippen LogP contribution in [0.5, 0.6) is 0 Å². The molecule has 0 radical (unpaired) electrons. The Labute approximate surface area is 160 Å². The van der Waals surface area contributed by atoms with Crippen LogP contribution in [0.4, 0.5) is 10.3 Å². The molecule has 2 aromatic rings. The first-order valence-electron chi connectivity index (χ1n) is 9.68. The first-order chi connectivity index (χ1) is 12.5. The summed E-state index contributed by atoms with van der Waals surface area (Å²) in [5, 5.41) is 13.2. The molecule has 1 fully saturated rings. The van der Waals surface area contributed by atoms with Crippen LogP contribution in [0.2, 0.25) is 0 Å². The molecule has 27 heavy (non-hydrogen) atoms. The lowest BCUT2D eigenvalue weighted by Crippen LogP contribution is -2.30. The number of benzene rings is 1. The highest BCUT2D eigenvalue weighted by Crippen LogP contribution is 2.38. The van der Waals surface area contributed by atoms with Crippen molar-refractivity contribution in [2.75, 3.05) is 5.32 Å². The number of hydrogen-bond acceptors (Lipinski definition) is 3. The van der Waals surface area contributed by atoms with Crippen molar-refractivity contribution in [1.82, 2.24) is 9.55 Å². The van der Waals surface area contributed by atoms with Crippen LogP contribution in [0.15, 0.2) is 18.2 Å². The molecule has 6 heteroatoms. The van der Waals surface area contributed by atoms with E-state index >= 15 is 0 Å². The lowest BCUT2D eigenvalue weighted by molar-refractivity contribution is -0.119. The smallest absolute Gasteiger partial charge is 0.227 e. The van der Waals surface area contributed by atoms with E-state index < -0.39 is 17.2 Å². The maximum Gasteiger partial charge on any atom is 0.227 e. The molecule has 1 aromatic carbocycles. The highest BCUT2D eigenvalue weighted by atomic mass is 19.1. The number of alkyl halides is 1. The van der Waals surface area contributed by atoms with E-state index in [4.69, 9.17) is 0 Å². The van der Waals surface area contributed by atoms with Gasteiger partial charge in [0.2, 0.25) is 11.9 Å². The van der Waals surface area contributed by atoms with Gasteiger partial charge in [0.25, 0.3) is 0 Å². The second-order valence-corrected chi connectivity index (χ2v) is 8.98. The predicted molar refractivity (Wildman–Crippen MR) is 105 cm³/mol. The molecule has 1 unspecified atom stereocenters. The topological polar surface area (TPSA) is 67.2 Å². The van der Waals surface area contributed by atoms with Crippen molar-refractivity contribution in [1.29, 1.82) is 0 Å². The Balaban J connectivity index is 1.96. The third kappa shape index (κ3) is 4.00. The first-order valence-corrected chi connectivity index (χ1v) is 9.68. The summed E-state index contributed by atoms with van der Waals surface area (Å²) in [5.74, 6) is 0.276. The highest BCUT2D eigenvalue weighted by Gasteiger charge is 2.31. The van der Waals surface area contributed by atoms with Gasteiger partial charge in [-0.2, -0.15) is 0 Å². The number of fused-ring (bicyclic) bond motifs is 1. The molecule has 1 aliphatic rings. The number of aromatic nitrogens is 2. The number of imidazole rings is 1. The number of anilines is 1. The van der Waals surface area contributed by atoms with E-state index in [9.17, 15) is 14.3 Å². The number of carbonyl (C=O) groups is 1. The average molecular weight is 375 g/mol. The molecule has 1 amide bonds. The molecule has 1 aromatic heterocycles. The molecule has 148 valence electrons. The number of nitrogens with one attached hydrogen (secondary N) is 1. The second-order valence-electron chi connectivity index (χ2n) is 8.98. The van der Waals surface area contributed by atoms with Gasteiger partial charge in [-0.1, -0.05) is 19.9 Å². The summed E-state index contributed by atoms with van der Waals surface area (Å²) in [6.45, 7) is 8.49. The summed E-state index contributed by atoms with van der Waals surface area (Å²) in [6, 6.07) is 5.97. The molecule has 0 bridgehead atoms. The first kappa shape index (κ1) is 19.8. The third-order valence-electron chi connectivity index (χ3n) is 5.78. The van der Waals surface area contributed by atoms with Crippen LogP contribution >= 0.6 is 0 Å². The zero-order chi connectivity index (χ0) is 20.0. The van der Waals surface area contributed by atoms with Gasteiger partial charge in [0.15, 0.2) is 0 Å². The molecule has 1 saturated carbocycles. The monoisotopic (exact) mass is 375 g/mol. The molecular formula is C21H30FN3O2. The molecule has 0 spiro atoms. The Morgan fingerprint density at radius 2 is 2.04 bits per heavy atom. The molecule has 0 saturated heterocycles. The van der Waals surface area contributed by atoms with Crippen LogP contribution in [-0.4, -0.2) is 26.7 Å². The maximum absolute atomic E-state index is 13.7. The minimum absolute atomic E-state index is 0.0907. The zero-order valence-corrected chi connectivity index (χ0v) is 16.8. The van der Waals surface area contributed by atoms with E-state index in [1.54, 1.807) is 27.7 Å². The number of halogens is 1. The van der Waals surface area contributed by atoms with Gasteiger partial charge < -0.3 is 9.67 Å². The minimum atomic E-state index is -1.08. The largest absolute Gasteiger partial charge is 0.386 e. The number of hydrogen-bond donors (Lipinski definition) is 2. The SMILES string of the molecule is CC(F)C(C)(C)CC(=O)Nc1nc2ccc(C(C)(C)O)cc2n1C1CCC1. The molecule has 5 nitrogen and oxygen atoms in total. The van der Waals surface area contributed by atoms with E-state index in [0.717, 1.165) is 35.9 Å². The highest BCUT2D eigenvalue weighted by molar-refractivity contribution is 5.92. The quantitative estimate of drug-likeness (QED) is 0.769. The van der Waals surface area contributed by atoms with Gasteiger partial charge in [0.05, 0.1) is 16.6 Å². The fourth-order valence-corrected chi connectivity index (χ4v) is 3.30. The van der Waals surface area contributed by atoms with Gasteiger partial charge in [-0.25, -0.2) is 9.37 Å². The van der Waals surface area contributed by atoms with E-state index in [1.165, 1.54) is 6.92 Å². The van der Waals surface area contributed by atoms with Gasteiger partial charge in [0, 0.05) is 17.9 Å². The molecule has 1 aliphatic carbocycles. The average Bonchev–Trinajstić information content (AvgIpc) is 2.81. The zero-order valence-electron chi connectivity index (χ0n) is 16.8. The van der Waals surface area contributed by atoms with Crippen LogP contribution in [0.25, 0.3) is 11.0 Å². The summed E-state index contributed by atoms with van der Waals surface area (Å²) in [5.41, 5.74) is 0.816. The predicted octanol–water partition coefficient (Wildman–Crippen LogP) is 4.70. The van der Waals surface area contributed by atoms with E-state index in [1.807, 2.05) is 18.2 Å². The van der Waals surface area contributed by atoms with Crippen LogP contribution in [0.1, 0.15) is 71.9 Å². The Morgan fingerprint density at radius 3 is 2.56 bits per heavy atom. The van der Waals surface area contributed by atoms with Crippen molar-refractivity contribution in [3.05, 3.63) is 23.8 Å². The Hall–Kier alpha value is -1.95. The van der Waals surface area contributed by atoms with Gasteiger partial charge in [0.1, 0.15) is 6.17 Å². The van der Waals surface area contributed by atoms with Crippen LogP contribution in [0, 0.1) is 5.41 Å². The van der Waals surface area contributed by atoms with Crippen molar-refractivity contribution in [2.24, 2.45) is 5.41 Å². The van der Waals surface area contributed by atoms with E-state index in [2.05, 4.69) is 14.9 Å². The normalized spacial score (nSPS) is 17.0. The summed E-state index contributed by atoms with van der Waals surface area (Å²) < 4.78 is 15.8. The number of aliphatic hydroxyl groups is 1.